The van der Waals surface area contributed by atoms with Crippen LogP contribution in [0.5, 0.6) is 0 Å². The third-order valence-electron chi connectivity index (χ3n) is 3.81. The summed E-state index contributed by atoms with van der Waals surface area (Å²) < 4.78 is 63.4. The minimum absolute atomic E-state index is 0.118. The van der Waals surface area contributed by atoms with Gasteiger partial charge in [-0.25, -0.2) is 8.98 Å². The molecule has 0 bridgehead atoms. The minimum Gasteiger partial charge on any atom is -0.445 e. The third-order valence-corrected chi connectivity index (χ3v) is 6.11. The van der Waals surface area contributed by atoms with E-state index < -0.39 is 38.2 Å². The second-order valence-corrected chi connectivity index (χ2v) is 9.85. The molecule has 0 unspecified atom stereocenters. The molecule has 28 heavy (non-hydrogen) atoms. The van der Waals surface area contributed by atoms with Gasteiger partial charge in [-0.1, -0.05) is 24.3 Å². The van der Waals surface area contributed by atoms with E-state index in [4.69, 9.17) is 24.7 Å². The molecule has 1 heterocycles. The molecule has 1 aromatic carbocycles. The Morgan fingerprint density at radius 2 is 1.93 bits per heavy atom. The first-order valence-electron chi connectivity index (χ1n) is 8.01. The molecule has 0 aliphatic carbocycles. The molecule has 156 valence electrons. The van der Waals surface area contributed by atoms with Crippen LogP contribution in [0.3, 0.4) is 0 Å². The molecule has 9 nitrogen and oxygen atoms in total. The number of rotatable bonds is 7. The van der Waals surface area contributed by atoms with Crippen molar-refractivity contribution < 1.29 is 34.7 Å². The topological polar surface area (TPSA) is 116 Å². The van der Waals surface area contributed by atoms with Gasteiger partial charge in [-0.15, -0.1) is 0 Å². The molecule has 1 aliphatic heterocycles. The van der Waals surface area contributed by atoms with Crippen LogP contribution in [-0.2, 0) is 33.3 Å². The summed E-state index contributed by atoms with van der Waals surface area (Å²) >= 11 is 5.77. The zero-order chi connectivity index (χ0) is 21.2. The Kier molecular flexibility index (Phi) is 6.77. The van der Waals surface area contributed by atoms with Crippen LogP contribution in [0.25, 0.3) is 0 Å². The summed E-state index contributed by atoms with van der Waals surface area (Å²) in [6.45, 7) is 4.40. The SMILES string of the molecule is C=CCOC(=O)N1C[C@H](OS(C)(=O)=O)C[C@]1(C)OS(=O)(=O)c1ccc(Cl)cc1. The van der Waals surface area contributed by atoms with Crippen molar-refractivity contribution in [2.75, 3.05) is 19.4 Å². The van der Waals surface area contributed by atoms with Crippen molar-refractivity contribution in [1.29, 1.82) is 0 Å². The first-order chi connectivity index (χ1) is 12.9. The maximum atomic E-state index is 12.7. The zero-order valence-corrected chi connectivity index (χ0v) is 17.6. The third kappa shape index (κ3) is 5.67. The summed E-state index contributed by atoms with van der Waals surface area (Å²) in [6.07, 6.45) is 0.0796. The molecular formula is C16H20ClNO8S2. The van der Waals surface area contributed by atoms with Crippen molar-refractivity contribution in [1.82, 2.24) is 4.90 Å². The van der Waals surface area contributed by atoms with Crippen LogP contribution in [0.15, 0.2) is 41.8 Å². The molecule has 0 radical (unpaired) electrons. The highest BCUT2D eigenvalue weighted by Gasteiger charge is 2.51. The van der Waals surface area contributed by atoms with E-state index >= 15 is 0 Å². The quantitative estimate of drug-likeness (QED) is 0.455. The maximum Gasteiger partial charge on any atom is 0.412 e. The molecule has 0 aromatic heterocycles. The standard InChI is InChI=1S/C16H20ClNO8S2/c1-4-9-24-15(19)18-11-13(25-27(3,20)21)10-16(18,2)26-28(22,23)14-7-5-12(17)6-8-14/h4-8,13H,1,9-11H2,2-3H3/t13-,16+/m1/s1. The molecule has 2 rings (SSSR count). The number of halogens is 1. The molecule has 0 N–H and O–H groups in total. The number of carbonyl (C=O) groups is 1. The van der Waals surface area contributed by atoms with Crippen molar-refractivity contribution in [3.05, 3.63) is 41.9 Å². The normalized spacial score (nSPS) is 22.8. The smallest absolute Gasteiger partial charge is 0.412 e. The van der Waals surface area contributed by atoms with Gasteiger partial charge < -0.3 is 4.74 Å². The lowest BCUT2D eigenvalue weighted by molar-refractivity contribution is -0.0294. The molecular weight excluding hydrogens is 434 g/mol. The highest BCUT2D eigenvalue weighted by molar-refractivity contribution is 7.86. The largest absolute Gasteiger partial charge is 0.445 e. The van der Waals surface area contributed by atoms with Crippen molar-refractivity contribution >= 4 is 37.9 Å². The van der Waals surface area contributed by atoms with E-state index in [2.05, 4.69) is 6.58 Å². The first-order valence-corrected chi connectivity index (χ1v) is 11.6. The number of benzene rings is 1. The fraction of sp³-hybridized carbons (Fsp3) is 0.438. The zero-order valence-electron chi connectivity index (χ0n) is 15.2. The maximum absolute atomic E-state index is 12.7. The average Bonchev–Trinajstić information content (AvgIpc) is 2.86. The lowest BCUT2D eigenvalue weighted by Gasteiger charge is -2.32. The molecule has 0 spiro atoms. The molecule has 12 heteroatoms. The number of hydrogen-bond acceptors (Lipinski definition) is 8. The van der Waals surface area contributed by atoms with Crippen LogP contribution in [0, 0.1) is 0 Å². The van der Waals surface area contributed by atoms with Gasteiger partial charge in [0.2, 0.25) is 0 Å². The van der Waals surface area contributed by atoms with Gasteiger partial charge in [-0.2, -0.15) is 16.8 Å². The predicted molar refractivity (Wildman–Crippen MR) is 101 cm³/mol. The molecule has 1 aliphatic rings. The average molecular weight is 454 g/mol. The van der Waals surface area contributed by atoms with E-state index in [1.807, 2.05) is 0 Å². The van der Waals surface area contributed by atoms with Gasteiger partial charge in [0.05, 0.1) is 23.8 Å². The summed E-state index contributed by atoms with van der Waals surface area (Å²) in [5.74, 6) is 0. The fourth-order valence-electron chi connectivity index (χ4n) is 2.75. The van der Waals surface area contributed by atoms with Gasteiger partial charge in [-0.05, 0) is 31.2 Å². The van der Waals surface area contributed by atoms with Gasteiger partial charge >= 0.3 is 6.09 Å². The van der Waals surface area contributed by atoms with Gasteiger partial charge in [0.25, 0.3) is 20.2 Å². The van der Waals surface area contributed by atoms with Crippen LogP contribution in [0.2, 0.25) is 5.02 Å². The highest BCUT2D eigenvalue weighted by Crippen LogP contribution is 2.36. The number of carbonyl (C=O) groups excluding carboxylic acids is 1. The molecule has 0 saturated carbocycles. The van der Waals surface area contributed by atoms with Crippen LogP contribution < -0.4 is 0 Å². The first kappa shape index (κ1) is 22.6. The number of ether oxygens (including phenoxy) is 1. The van der Waals surface area contributed by atoms with Crippen LogP contribution in [0.4, 0.5) is 4.79 Å². The number of amides is 1. The van der Waals surface area contributed by atoms with Crippen molar-refractivity contribution in [2.45, 2.75) is 30.1 Å². The summed E-state index contributed by atoms with van der Waals surface area (Å²) in [6, 6.07) is 5.25. The monoisotopic (exact) mass is 453 g/mol. The lowest BCUT2D eigenvalue weighted by atomic mass is 10.2. The Morgan fingerprint density at radius 3 is 2.46 bits per heavy atom. The highest BCUT2D eigenvalue weighted by atomic mass is 35.5. The molecule has 1 amide bonds. The van der Waals surface area contributed by atoms with Gasteiger partial charge in [0.1, 0.15) is 6.61 Å². The van der Waals surface area contributed by atoms with Gasteiger partial charge in [0, 0.05) is 11.4 Å². The van der Waals surface area contributed by atoms with E-state index in [9.17, 15) is 21.6 Å². The summed E-state index contributed by atoms with van der Waals surface area (Å²) in [5, 5.41) is 0.335. The molecule has 1 saturated heterocycles. The number of nitrogens with zero attached hydrogens (tertiary/aromatic N) is 1. The van der Waals surface area contributed by atoms with E-state index in [1.165, 1.54) is 37.3 Å². The molecule has 2 atom stereocenters. The minimum atomic E-state index is -4.31. The van der Waals surface area contributed by atoms with Gasteiger partial charge in [0.15, 0.2) is 5.72 Å². The predicted octanol–water partition coefficient (Wildman–Crippen LogP) is 2.13. The van der Waals surface area contributed by atoms with E-state index in [1.54, 1.807) is 0 Å². The van der Waals surface area contributed by atoms with E-state index in [0.29, 0.717) is 5.02 Å². The Balaban J connectivity index is 2.33. The van der Waals surface area contributed by atoms with E-state index in [0.717, 1.165) is 11.2 Å². The second kappa shape index (κ2) is 8.37. The van der Waals surface area contributed by atoms with Crippen LogP contribution in [-0.4, -0.2) is 59.1 Å². The van der Waals surface area contributed by atoms with Crippen LogP contribution >= 0.6 is 11.6 Å². The number of hydrogen-bond donors (Lipinski definition) is 0. The number of likely N-dealkylation sites (tertiary alicyclic amines) is 1. The van der Waals surface area contributed by atoms with E-state index in [-0.39, 0.29) is 24.5 Å². The Hall–Kier alpha value is -1.66. The van der Waals surface area contributed by atoms with Gasteiger partial charge in [-0.3, -0.25) is 9.08 Å². The summed E-state index contributed by atoms with van der Waals surface area (Å²) in [4.78, 5) is 13.2. The summed E-state index contributed by atoms with van der Waals surface area (Å²) in [5.41, 5.74) is -1.73. The Labute approximate surface area is 169 Å². The lowest BCUT2D eigenvalue weighted by Crippen LogP contribution is -2.48. The Morgan fingerprint density at radius 1 is 1.32 bits per heavy atom. The Bertz CT molecular complexity index is 945. The van der Waals surface area contributed by atoms with Crippen molar-refractivity contribution in [3.63, 3.8) is 0 Å². The fourth-order valence-corrected chi connectivity index (χ4v) is 4.69. The van der Waals surface area contributed by atoms with Crippen molar-refractivity contribution in [3.8, 4) is 0 Å². The molecule has 1 fully saturated rings. The van der Waals surface area contributed by atoms with Crippen LogP contribution in [0.1, 0.15) is 13.3 Å². The van der Waals surface area contributed by atoms with Crippen molar-refractivity contribution in [2.24, 2.45) is 0 Å². The molecule has 1 aromatic rings. The summed E-state index contributed by atoms with van der Waals surface area (Å²) in [7, 11) is -8.15. The second-order valence-electron chi connectivity index (χ2n) is 6.27.